The van der Waals surface area contributed by atoms with E-state index in [-0.39, 0.29) is 31.4 Å². The van der Waals surface area contributed by atoms with Gasteiger partial charge in [-0.05, 0) is 37.3 Å². The van der Waals surface area contributed by atoms with Gasteiger partial charge in [0, 0.05) is 21.1 Å². The molecular weight excluding hydrogens is 340 g/mol. The molecule has 0 bridgehead atoms. The smallest absolute Gasteiger partial charge is 0.253 e. The Balaban J connectivity index is -0.000000218. The van der Waals surface area contributed by atoms with Crippen LogP contribution < -0.4 is 11.5 Å². The molecule has 0 aliphatic rings. The van der Waals surface area contributed by atoms with Gasteiger partial charge in [-0.1, -0.05) is 26.7 Å². The Morgan fingerprint density at radius 2 is 1.18 bits per heavy atom. The number of hydrogen-bond acceptors (Lipinski definition) is 4. The minimum atomic E-state index is 0. The van der Waals surface area contributed by atoms with Crippen molar-refractivity contribution in [2.75, 3.05) is 13.2 Å². The molecular formula is C10H22MoN2O2S2. The number of thiocarbonyl (C=S) groups is 2. The molecule has 0 amide bonds. The number of nitrogens with two attached hydrogens (primary N) is 2. The molecule has 0 aromatic heterocycles. The molecule has 0 heterocycles. The summed E-state index contributed by atoms with van der Waals surface area (Å²) in [5, 5.41) is 0.303. The van der Waals surface area contributed by atoms with E-state index in [2.05, 4.69) is 38.3 Å². The van der Waals surface area contributed by atoms with Crippen LogP contribution in [-0.2, 0) is 30.5 Å². The second-order valence-corrected chi connectivity index (χ2v) is 3.85. The molecule has 102 valence electrons. The Labute approximate surface area is 129 Å². The number of ether oxygens (including phenoxy) is 2. The van der Waals surface area contributed by atoms with Gasteiger partial charge in [0.1, 0.15) is 0 Å². The van der Waals surface area contributed by atoms with Crippen molar-refractivity contribution in [3.63, 3.8) is 0 Å². The maximum atomic E-state index is 5.04. The van der Waals surface area contributed by atoms with Crippen LogP contribution in [0, 0.1) is 0 Å². The second kappa shape index (κ2) is 18.4. The fourth-order valence-corrected chi connectivity index (χ4v) is 0.801. The van der Waals surface area contributed by atoms with Gasteiger partial charge in [-0.25, -0.2) is 0 Å². The topological polar surface area (TPSA) is 70.5 Å². The zero-order valence-corrected chi connectivity index (χ0v) is 14.1. The average molecular weight is 362 g/mol. The summed E-state index contributed by atoms with van der Waals surface area (Å²) in [6, 6.07) is 0. The van der Waals surface area contributed by atoms with Gasteiger partial charge in [0.2, 0.25) is 0 Å². The molecule has 0 fully saturated rings. The molecule has 7 heteroatoms. The van der Waals surface area contributed by atoms with Crippen molar-refractivity contribution in [3.8, 4) is 0 Å². The van der Waals surface area contributed by atoms with Crippen molar-refractivity contribution >= 4 is 34.8 Å². The molecule has 0 rings (SSSR count). The van der Waals surface area contributed by atoms with Crippen LogP contribution in [0.5, 0.6) is 0 Å². The van der Waals surface area contributed by atoms with Crippen LogP contribution in [0.25, 0.3) is 0 Å². The van der Waals surface area contributed by atoms with Crippen LogP contribution in [0.2, 0.25) is 0 Å². The Hall–Kier alpha value is 0.0683. The van der Waals surface area contributed by atoms with Gasteiger partial charge >= 0.3 is 0 Å². The van der Waals surface area contributed by atoms with Crippen molar-refractivity contribution in [2.24, 2.45) is 11.5 Å². The molecule has 0 spiro atoms. The zero-order valence-electron chi connectivity index (χ0n) is 10.4. The van der Waals surface area contributed by atoms with Gasteiger partial charge in [-0.2, -0.15) is 0 Å². The van der Waals surface area contributed by atoms with Crippen LogP contribution in [-0.4, -0.2) is 23.6 Å². The quantitative estimate of drug-likeness (QED) is 0.428. The summed E-state index contributed by atoms with van der Waals surface area (Å²) in [5.41, 5.74) is 10.1. The minimum absolute atomic E-state index is 0. The predicted octanol–water partition coefficient (Wildman–Crippen LogP) is 2.09. The Morgan fingerprint density at radius 3 is 1.35 bits per heavy atom. The maximum Gasteiger partial charge on any atom is 0.253 e. The molecule has 17 heavy (non-hydrogen) atoms. The molecule has 0 aromatic rings. The zero-order chi connectivity index (χ0) is 12.8. The summed E-state index contributed by atoms with van der Waals surface area (Å²) in [6.07, 6.45) is 4.28. The van der Waals surface area contributed by atoms with E-state index in [0.717, 1.165) is 25.7 Å². The molecule has 4 nitrogen and oxygen atoms in total. The fourth-order valence-electron chi connectivity index (χ4n) is 0.634. The molecule has 0 aliphatic carbocycles. The van der Waals surface area contributed by atoms with Crippen LogP contribution in [0.1, 0.15) is 39.5 Å². The molecule has 0 atom stereocenters. The standard InChI is InChI=1S/2C5H11NOS.Mo/c2*1-2-3-4-7-5(6)8;/h2*2-4H2,1H3,(H2,6,8);. The van der Waals surface area contributed by atoms with E-state index in [1.807, 2.05) is 0 Å². The summed E-state index contributed by atoms with van der Waals surface area (Å²) < 4.78 is 9.58. The maximum absolute atomic E-state index is 5.04. The summed E-state index contributed by atoms with van der Waals surface area (Å²) in [7, 11) is 0. The van der Waals surface area contributed by atoms with Crippen molar-refractivity contribution in [1.29, 1.82) is 0 Å². The van der Waals surface area contributed by atoms with Crippen molar-refractivity contribution in [2.45, 2.75) is 39.5 Å². The molecule has 0 saturated heterocycles. The minimum Gasteiger partial charge on any atom is -0.471 e. The van der Waals surface area contributed by atoms with Gasteiger partial charge in [-0.3, -0.25) is 0 Å². The van der Waals surface area contributed by atoms with Crippen molar-refractivity contribution in [3.05, 3.63) is 0 Å². The average Bonchev–Trinajstić information content (AvgIpc) is 2.18. The third-order valence-corrected chi connectivity index (χ3v) is 1.72. The van der Waals surface area contributed by atoms with Crippen molar-refractivity contribution in [1.82, 2.24) is 0 Å². The molecule has 0 radical (unpaired) electrons. The van der Waals surface area contributed by atoms with Crippen LogP contribution in [0.4, 0.5) is 0 Å². The van der Waals surface area contributed by atoms with Gasteiger partial charge in [0.25, 0.3) is 10.3 Å². The van der Waals surface area contributed by atoms with E-state index in [1.54, 1.807) is 0 Å². The third kappa shape index (κ3) is 31.4. The molecule has 4 N–H and O–H groups in total. The molecule has 0 aliphatic heterocycles. The van der Waals surface area contributed by atoms with E-state index < -0.39 is 0 Å². The van der Waals surface area contributed by atoms with E-state index in [4.69, 9.17) is 20.9 Å². The SMILES string of the molecule is CCCCOC(N)=S.CCCCOC(N)=S.[Mo]. The van der Waals surface area contributed by atoms with E-state index in [0.29, 0.717) is 13.2 Å². The monoisotopic (exact) mass is 364 g/mol. The van der Waals surface area contributed by atoms with Gasteiger partial charge in [-0.15, -0.1) is 0 Å². The van der Waals surface area contributed by atoms with Gasteiger partial charge < -0.3 is 20.9 Å². The Kier molecular flexibility index (Phi) is 24.1. The third-order valence-electron chi connectivity index (χ3n) is 1.48. The first-order chi connectivity index (χ1) is 7.54. The first-order valence-corrected chi connectivity index (χ1v) is 6.20. The molecule has 0 unspecified atom stereocenters. The van der Waals surface area contributed by atoms with Gasteiger partial charge in [0.15, 0.2) is 0 Å². The number of unbranched alkanes of at least 4 members (excludes halogenated alkanes) is 2. The van der Waals surface area contributed by atoms with Crippen molar-refractivity contribution < 1.29 is 30.5 Å². The molecule has 0 saturated carbocycles. The largest absolute Gasteiger partial charge is 0.471 e. The van der Waals surface area contributed by atoms with E-state index in [9.17, 15) is 0 Å². The summed E-state index contributed by atoms with van der Waals surface area (Å²) in [4.78, 5) is 0. The van der Waals surface area contributed by atoms with E-state index in [1.165, 1.54) is 0 Å². The van der Waals surface area contributed by atoms with Gasteiger partial charge in [0.05, 0.1) is 13.2 Å². The second-order valence-electron chi connectivity index (χ2n) is 3.04. The van der Waals surface area contributed by atoms with E-state index >= 15 is 0 Å². The predicted molar refractivity (Wildman–Crippen MR) is 75.3 cm³/mol. The Bertz CT molecular complexity index is 175. The Morgan fingerprint density at radius 1 is 0.882 bits per heavy atom. The van der Waals surface area contributed by atoms with Crippen LogP contribution >= 0.6 is 24.4 Å². The summed E-state index contributed by atoms with van der Waals surface area (Å²) >= 11 is 8.93. The first-order valence-electron chi connectivity index (χ1n) is 5.39. The molecule has 0 aromatic carbocycles. The van der Waals surface area contributed by atoms with Crippen LogP contribution in [0.15, 0.2) is 0 Å². The number of hydrogen-bond donors (Lipinski definition) is 2. The van der Waals surface area contributed by atoms with Crippen LogP contribution in [0.3, 0.4) is 0 Å². The number of rotatable bonds is 6. The summed E-state index contributed by atoms with van der Waals surface area (Å²) in [6.45, 7) is 5.49. The normalized spacial score (nSPS) is 8.12. The first kappa shape index (κ1) is 22.3. The summed E-state index contributed by atoms with van der Waals surface area (Å²) in [5.74, 6) is 0. The fraction of sp³-hybridized carbons (Fsp3) is 0.800.